The van der Waals surface area contributed by atoms with Crippen LogP contribution >= 0.6 is 0 Å². The van der Waals surface area contributed by atoms with Crippen molar-refractivity contribution >= 4 is 11.9 Å². The first-order chi connectivity index (χ1) is 7.76. The molecule has 0 rings (SSSR count). The van der Waals surface area contributed by atoms with Gasteiger partial charge in [0.2, 0.25) is 5.91 Å². The third-order valence-corrected chi connectivity index (χ3v) is 1.83. The van der Waals surface area contributed by atoms with Crippen LogP contribution in [-0.2, 0) is 9.59 Å². The Bertz CT molecular complexity index is 300. The summed E-state index contributed by atoms with van der Waals surface area (Å²) in [5, 5.41) is 8.27. The summed E-state index contributed by atoms with van der Waals surface area (Å²) < 4.78 is 36.5. The van der Waals surface area contributed by atoms with Crippen molar-refractivity contribution in [3.63, 3.8) is 0 Å². The zero-order chi connectivity index (χ0) is 13.5. The lowest BCUT2D eigenvalue weighted by atomic mass is 10.3. The number of rotatable bonds is 6. The summed E-state index contributed by atoms with van der Waals surface area (Å²) in [5.74, 6) is -2.32. The van der Waals surface area contributed by atoms with Gasteiger partial charge < -0.3 is 10.0 Å². The molecule has 0 aliphatic carbocycles. The number of amides is 1. The van der Waals surface area contributed by atoms with Gasteiger partial charge >= 0.3 is 12.1 Å². The van der Waals surface area contributed by atoms with E-state index in [0.29, 0.717) is 29.9 Å². The molecule has 0 aromatic heterocycles. The normalized spacial score (nSPS) is 11.8. The highest BCUT2D eigenvalue weighted by Gasteiger charge is 2.32. The maximum Gasteiger partial charge on any atom is 0.406 e. The van der Waals surface area contributed by atoms with Gasteiger partial charge in [0.1, 0.15) is 6.54 Å². The largest absolute Gasteiger partial charge is 0.478 e. The molecule has 98 valence electrons. The quantitative estimate of drug-likeness (QED) is 0.734. The standard InChI is InChI=1S/C10H14F3NO3/c1-2-3-6-14(7-10(11,12)13)8(15)4-5-9(16)17/h4-5H,2-3,6-7H2,1H3,(H,16,17)/b5-4+. The van der Waals surface area contributed by atoms with E-state index < -0.39 is 24.6 Å². The number of hydrogen-bond acceptors (Lipinski definition) is 2. The van der Waals surface area contributed by atoms with Crippen molar-refractivity contribution in [3.05, 3.63) is 12.2 Å². The van der Waals surface area contributed by atoms with Gasteiger partial charge in [-0.05, 0) is 6.42 Å². The van der Waals surface area contributed by atoms with Crippen LogP contribution in [0.5, 0.6) is 0 Å². The monoisotopic (exact) mass is 253 g/mol. The Labute approximate surface area is 96.7 Å². The van der Waals surface area contributed by atoms with E-state index in [9.17, 15) is 22.8 Å². The fraction of sp³-hybridized carbons (Fsp3) is 0.600. The molecule has 0 fully saturated rings. The van der Waals surface area contributed by atoms with Crippen LogP contribution < -0.4 is 0 Å². The van der Waals surface area contributed by atoms with Crippen LogP contribution in [0.2, 0.25) is 0 Å². The Morgan fingerprint density at radius 2 is 1.88 bits per heavy atom. The maximum atomic E-state index is 12.2. The molecule has 0 radical (unpaired) electrons. The third-order valence-electron chi connectivity index (χ3n) is 1.83. The lowest BCUT2D eigenvalue weighted by Gasteiger charge is -2.22. The second kappa shape index (κ2) is 6.93. The van der Waals surface area contributed by atoms with E-state index in [1.165, 1.54) is 0 Å². The smallest absolute Gasteiger partial charge is 0.406 e. The molecule has 0 aromatic carbocycles. The Hall–Kier alpha value is -1.53. The fourth-order valence-corrected chi connectivity index (χ4v) is 1.08. The molecule has 0 atom stereocenters. The number of alkyl halides is 3. The third kappa shape index (κ3) is 8.29. The number of nitrogens with zero attached hydrogens (tertiary/aromatic N) is 1. The molecule has 4 nitrogen and oxygen atoms in total. The molecule has 0 aromatic rings. The predicted molar refractivity (Wildman–Crippen MR) is 54.3 cm³/mol. The van der Waals surface area contributed by atoms with Gasteiger partial charge in [0.15, 0.2) is 0 Å². The number of carbonyl (C=O) groups is 2. The van der Waals surface area contributed by atoms with E-state index in [4.69, 9.17) is 5.11 Å². The molecule has 7 heteroatoms. The highest BCUT2D eigenvalue weighted by Crippen LogP contribution is 2.17. The molecule has 17 heavy (non-hydrogen) atoms. The SMILES string of the molecule is CCCCN(CC(F)(F)F)C(=O)/C=C/C(=O)O. The number of carboxylic acids is 1. The maximum absolute atomic E-state index is 12.2. The van der Waals surface area contributed by atoms with Crippen molar-refractivity contribution < 1.29 is 27.9 Å². The number of halogens is 3. The van der Waals surface area contributed by atoms with Gasteiger partial charge in [0.25, 0.3) is 0 Å². The molecule has 0 heterocycles. The van der Waals surface area contributed by atoms with Crippen molar-refractivity contribution in [1.82, 2.24) is 4.90 Å². The van der Waals surface area contributed by atoms with Crippen molar-refractivity contribution in [2.45, 2.75) is 25.9 Å². The molecule has 0 saturated heterocycles. The molecule has 0 aliphatic heterocycles. The van der Waals surface area contributed by atoms with Crippen LogP contribution in [0.15, 0.2) is 12.2 Å². The van der Waals surface area contributed by atoms with Crippen molar-refractivity contribution in [1.29, 1.82) is 0 Å². The first-order valence-corrected chi connectivity index (χ1v) is 5.03. The van der Waals surface area contributed by atoms with Crippen LogP contribution in [0.1, 0.15) is 19.8 Å². The number of unbranched alkanes of at least 4 members (excludes halogenated alkanes) is 1. The Morgan fingerprint density at radius 1 is 1.29 bits per heavy atom. The molecule has 0 spiro atoms. The lowest BCUT2D eigenvalue weighted by molar-refractivity contribution is -0.158. The van der Waals surface area contributed by atoms with E-state index in [-0.39, 0.29) is 6.54 Å². The Morgan fingerprint density at radius 3 is 2.29 bits per heavy atom. The number of aliphatic carboxylic acids is 1. The first-order valence-electron chi connectivity index (χ1n) is 5.03. The minimum absolute atomic E-state index is 0.0429. The number of carboxylic acid groups (broad SMARTS) is 1. The second-order valence-corrected chi connectivity index (χ2v) is 3.40. The molecular formula is C10H14F3NO3. The summed E-state index contributed by atoms with van der Waals surface area (Å²) in [6.07, 6.45) is -2.26. The Balaban J connectivity index is 4.55. The predicted octanol–water partition coefficient (Wildman–Crippen LogP) is 1.82. The number of hydrogen-bond donors (Lipinski definition) is 1. The van der Waals surface area contributed by atoms with E-state index >= 15 is 0 Å². The average molecular weight is 253 g/mol. The van der Waals surface area contributed by atoms with Crippen LogP contribution in [0, 0.1) is 0 Å². The summed E-state index contributed by atoms with van der Waals surface area (Å²) in [6.45, 7) is 0.373. The van der Waals surface area contributed by atoms with Gasteiger partial charge in [-0.3, -0.25) is 4.79 Å². The van der Waals surface area contributed by atoms with E-state index in [0.717, 1.165) is 0 Å². The van der Waals surface area contributed by atoms with Gasteiger partial charge in [0.05, 0.1) is 0 Å². The van der Waals surface area contributed by atoms with Crippen molar-refractivity contribution in [2.24, 2.45) is 0 Å². The summed E-state index contributed by atoms with van der Waals surface area (Å²) in [5.41, 5.74) is 0. The molecule has 1 N–H and O–H groups in total. The van der Waals surface area contributed by atoms with Gasteiger partial charge in [0, 0.05) is 18.7 Å². The summed E-state index contributed by atoms with van der Waals surface area (Å²) in [4.78, 5) is 22.0. The van der Waals surface area contributed by atoms with Crippen LogP contribution in [-0.4, -0.2) is 41.1 Å². The molecule has 0 unspecified atom stereocenters. The minimum Gasteiger partial charge on any atom is -0.478 e. The summed E-state index contributed by atoms with van der Waals surface area (Å²) >= 11 is 0. The van der Waals surface area contributed by atoms with Gasteiger partial charge in [-0.1, -0.05) is 13.3 Å². The molecule has 0 aliphatic rings. The van der Waals surface area contributed by atoms with Crippen LogP contribution in [0.3, 0.4) is 0 Å². The molecule has 0 bridgehead atoms. The second-order valence-electron chi connectivity index (χ2n) is 3.40. The molecular weight excluding hydrogens is 239 g/mol. The zero-order valence-electron chi connectivity index (χ0n) is 9.33. The van der Waals surface area contributed by atoms with Gasteiger partial charge in [-0.15, -0.1) is 0 Å². The van der Waals surface area contributed by atoms with E-state index in [1.54, 1.807) is 6.92 Å². The van der Waals surface area contributed by atoms with Crippen molar-refractivity contribution in [2.75, 3.05) is 13.1 Å². The highest BCUT2D eigenvalue weighted by atomic mass is 19.4. The van der Waals surface area contributed by atoms with E-state index in [1.807, 2.05) is 0 Å². The topological polar surface area (TPSA) is 57.6 Å². The van der Waals surface area contributed by atoms with Crippen LogP contribution in [0.4, 0.5) is 13.2 Å². The molecule has 1 amide bonds. The first kappa shape index (κ1) is 15.5. The number of carbonyl (C=O) groups excluding carboxylic acids is 1. The van der Waals surface area contributed by atoms with Gasteiger partial charge in [-0.25, -0.2) is 4.79 Å². The van der Waals surface area contributed by atoms with Gasteiger partial charge in [-0.2, -0.15) is 13.2 Å². The molecule has 0 saturated carbocycles. The minimum atomic E-state index is -4.49. The fourth-order valence-electron chi connectivity index (χ4n) is 1.08. The summed E-state index contributed by atoms with van der Waals surface area (Å²) in [6, 6.07) is 0. The zero-order valence-corrected chi connectivity index (χ0v) is 9.33. The Kier molecular flexibility index (Phi) is 6.30. The highest BCUT2D eigenvalue weighted by molar-refractivity contribution is 5.93. The van der Waals surface area contributed by atoms with E-state index in [2.05, 4.69) is 0 Å². The van der Waals surface area contributed by atoms with Crippen LogP contribution in [0.25, 0.3) is 0 Å². The summed E-state index contributed by atoms with van der Waals surface area (Å²) in [7, 11) is 0. The average Bonchev–Trinajstić information content (AvgIpc) is 2.19. The van der Waals surface area contributed by atoms with Crippen molar-refractivity contribution in [3.8, 4) is 0 Å². The lowest BCUT2D eigenvalue weighted by Crippen LogP contribution is -2.38.